The van der Waals surface area contributed by atoms with Crippen LogP contribution in [-0.2, 0) is 9.59 Å². The van der Waals surface area contributed by atoms with Crippen LogP contribution in [0.25, 0.3) is 0 Å². The van der Waals surface area contributed by atoms with E-state index in [-0.39, 0.29) is 13.0 Å². The normalized spacial score (nSPS) is 13.4. The van der Waals surface area contributed by atoms with Crippen LogP contribution in [0.2, 0.25) is 0 Å². The molecule has 2 N–H and O–H groups in total. The number of hydrogen-bond acceptors (Lipinski definition) is 2. The van der Waals surface area contributed by atoms with Crippen LogP contribution in [-0.4, -0.2) is 29.7 Å². The van der Waals surface area contributed by atoms with Gasteiger partial charge >= 0.3 is 18.1 Å². The molecule has 4 nitrogen and oxygen atoms in total. The highest BCUT2D eigenvalue weighted by Crippen LogP contribution is 2.14. The van der Waals surface area contributed by atoms with Crippen LogP contribution in [0.1, 0.15) is 13.3 Å². The quantitative estimate of drug-likeness (QED) is 0.725. The molecule has 0 heterocycles. The first-order valence-electron chi connectivity index (χ1n) is 3.80. The molecule has 0 saturated carbocycles. The van der Waals surface area contributed by atoms with E-state index < -0.39 is 24.0 Å². The SMILES string of the molecule is CC(CNC(=O)C(F)(F)F)CC(=O)O. The molecule has 0 aromatic heterocycles. The average Bonchev–Trinajstić information content (AvgIpc) is 1.96. The summed E-state index contributed by atoms with van der Waals surface area (Å²) in [4.78, 5) is 20.4. The zero-order valence-corrected chi connectivity index (χ0v) is 7.39. The smallest absolute Gasteiger partial charge is 0.471 e. The summed E-state index contributed by atoms with van der Waals surface area (Å²) in [6.07, 6.45) is -5.19. The Morgan fingerprint density at radius 1 is 1.43 bits per heavy atom. The van der Waals surface area contributed by atoms with Crippen molar-refractivity contribution in [2.45, 2.75) is 19.5 Å². The topological polar surface area (TPSA) is 66.4 Å². The average molecular weight is 213 g/mol. The predicted octanol–water partition coefficient (Wildman–Crippen LogP) is 0.776. The number of hydrogen-bond donors (Lipinski definition) is 2. The van der Waals surface area contributed by atoms with E-state index in [0.29, 0.717) is 0 Å². The molecule has 0 fully saturated rings. The minimum atomic E-state index is -4.91. The molecule has 1 unspecified atom stereocenters. The van der Waals surface area contributed by atoms with Gasteiger partial charge in [0, 0.05) is 13.0 Å². The van der Waals surface area contributed by atoms with Crippen molar-refractivity contribution in [3.05, 3.63) is 0 Å². The molecule has 0 saturated heterocycles. The minimum Gasteiger partial charge on any atom is -0.481 e. The van der Waals surface area contributed by atoms with Crippen molar-refractivity contribution in [2.75, 3.05) is 6.54 Å². The number of carbonyl (C=O) groups is 2. The van der Waals surface area contributed by atoms with Gasteiger partial charge in [-0.1, -0.05) is 6.92 Å². The minimum absolute atomic E-state index is 0.280. The molecule has 0 aliphatic carbocycles. The lowest BCUT2D eigenvalue weighted by Crippen LogP contribution is -2.39. The number of halogens is 3. The van der Waals surface area contributed by atoms with E-state index in [1.807, 2.05) is 0 Å². The third-order valence-electron chi connectivity index (χ3n) is 1.39. The molecule has 0 aromatic rings. The Morgan fingerprint density at radius 2 is 1.93 bits per heavy atom. The van der Waals surface area contributed by atoms with Crippen molar-refractivity contribution in [1.82, 2.24) is 5.32 Å². The van der Waals surface area contributed by atoms with Crippen molar-refractivity contribution < 1.29 is 27.9 Å². The molecule has 0 aromatic carbocycles. The maximum atomic E-state index is 11.6. The molecule has 0 aliphatic rings. The summed E-state index contributed by atoms with van der Waals surface area (Å²) in [6, 6.07) is 0. The fourth-order valence-corrected chi connectivity index (χ4v) is 0.737. The summed E-state index contributed by atoms with van der Waals surface area (Å²) in [5, 5.41) is 9.87. The van der Waals surface area contributed by atoms with Gasteiger partial charge in [0.05, 0.1) is 0 Å². The number of aliphatic carboxylic acids is 1. The molecular formula is C7H10F3NO3. The first-order chi connectivity index (χ1) is 6.23. The van der Waals surface area contributed by atoms with Gasteiger partial charge in [0.15, 0.2) is 0 Å². The second-order valence-corrected chi connectivity index (χ2v) is 2.91. The summed E-state index contributed by atoms with van der Waals surface area (Å²) in [5.41, 5.74) is 0. The van der Waals surface area contributed by atoms with E-state index >= 15 is 0 Å². The highest BCUT2D eigenvalue weighted by atomic mass is 19.4. The summed E-state index contributed by atoms with van der Waals surface area (Å²) in [6.45, 7) is 1.13. The maximum Gasteiger partial charge on any atom is 0.471 e. The third kappa shape index (κ3) is 5.39. The van der Waals surface area contributed by atoms with Gasteiger partial charge in [0.1, 0.15) is 0 Å². The van der Waals surface area contributed by atoms with Crippen molar-refractivity contribution in [2.24, 2.45) is 5.92 Å². The molecule has 0 bridgehead atoms. The van der Waals surface area contributed by atoms with E-state index in [1.165, 1.54) is 6.92 Å². The molecule has 0 rings (SSSR count). The third-order valence-corrected chi connectivity index (χ3v) is 1.39. The molecule has 82 valence electrons. The summed E-state index contributed by atoms with van der Waals surface area (Å²) >= 11 is 0. The number of carboxylic acids is 1. The van der Waals surface area contributed by atoms with Crippen molar-refractivity contribution >= 4 is 11.9 Å². The number of rotatable bonds is 4. The largest absolute Gasteiger partial charge is 0.481 e. The van der Waals surface area contributed by atoms with Gasteiger partial charge in [-0.15, -0.1) is 0 Å². The number of amides is 1. The second kappa shape index (κ2) is 4.83. The first-order valence-corrected chi connectivity index (χ1v) is 3.80. The number of alkyl halides is 3. The molecule has 0 aliphatic heterocycles. The van der Waals surface area contributed by atoms with Gasteiger partial charge in [-0.25, -0.2) is 0 Å². The number of carboxylic acid groups (broad SMARTS) is 1. The zero-order chi connectivity index (χ0) is 11.4. The van der Waals surface area contributed by atoms with Gasteiger partial charge in [-0.3, -0.25) is 9.59 Å². The molecule has 1 amide bonds. The monoisotopic (exact) mass is 213 g/mol. The van der Waals surface area contributed by atoms with Gasteiger partial charge in [0.2, 0.25) is 0 Å². The first kappa shape index (κ1) is 12.7. The lowest BCUT2D eigenvalue weighted by atomic mass is 10.1. The van der Waals surface area contributed by atoms with Crippen molar-refractivity contribution in [3.8, 4) is 0 Å². The van der Waals surface area contributed by atoms with E-state index in [2.05, 4.69) is 0 Å². The van der Waals surface area contributed by atoms with Gasteiger partial charge < -0.3 is 10.4 Å². The van der Waals surface area contributed by atoms with Gasteiger partial charge in [0.25, 0.3) is 0 Å². The molecule has 14 heavy (non-hydrogen) atoms. The van der Waals surface area contributed by atoms with Crippen molar-refractivity contribution in [1.29, 1.82) is 0 Å². The highest BCUT2D eigenvalue weighted by Gasteiger charge is 2.38. The fraction of sp³-hybridized carbons (Fsp3) is 0.714. The second-order valence-electron chi connectivity index (χ2n) is 2.91. The van der Waals surface area contributed by atoms with Crippen LogP contribution in [0.3, 0.4) is 0 Å². The molecular weight excluding hydrogens is 203 g/mol. The van der Waals surface area contributed by atoms with E-state index in [1.54, 1.807) is 5.32 Å². The molecule has 7 heteroatoms. The fourth-order valence-electron chi connectivity index (χ4n) is 0.737. The Labute approximate surface area is 78.1 Å². The summed E-state index contributed by atoms with van der Waals surface area (Å²) < 4.78 is 34.9. The van der Waals surface area contributed by atoms with Crippen LogP contribution in [0, 0.1) is 5.92 Å². The zero-order valence-electron chi connectivity index (χ0n) is 7.39. The predicted molar refractivity (Wildman–Crippen MR) is 40.5 cm³/mol. The standard InChI is InChI=1S/C7H10F3NO3/c1-4(2-5(12)13)3-11-6(14)7(8,9)10/h4H,2-3H2,1H3,(H,11,14)(H,12,13). The van der Waals surface area contributed by atoms with E-state index in [9.17, 15) is 22.8 Å². The van der Waals surface area contributed by atoms with Crippen molar-refractivity contribution in [3.63, 3.8) is 0 Å². The Balaban J connectivity index is 3.84. The molecule has 1 atom stereocenters. The van der Waals surface area contributed by atoms with E-state index in [4.69, 9.17) is 5.11 Å². The Hall–Kier alpha value is -1.27. The highest BCUT2D eigenvalue weighted by molar-refractivity contribution is 5.81. The Kier molecular flexibility index (Phi) is 4.39. The Bertz CT molecular complexity index is 227. The lowest BCUT2D eigenvalue weighted by molar-refractivity contribution is -0.173. The van der Waals surface area contributed by atoms with Crippen LogP contribution in [0.5, 0.6) is 0 Å². The summed E-state index contributed by atoms with van der Waals surface area (Å²) in [5.74, 6) is -3.69. The lowest BCUT2D eigenvalue weighted by Gasteiger charge is -2.11. The maximum absolute atomic E-state index is 11.6. The summed E-state index contributed by atoms with van der Waals surface area (Å²) in [7, 11) is 0. The number of carbonyl (C=O) groups excluding carboxylic acids is 1. The Morgan fingerprint density at radius 3 is 2.29 bits per heavy atom. The van der Waals surface area contributed by atoms with Crippen LogP contribution >= 0.6 is 0 Å². The van der Waals surface area contributed by atoms with Crippen LogP contribution < -0.4 is 5.32 Å². The van der Waals surface area contributed by atoms with Crippen LogP contribution in [0.4, 0.5) is 13.2 Å². The van der Waals surface area contributed by atoms with Gasteiger partial charge in [-0.2, -0.15) is 13.2 Å². The van der Waals surface area contributed by atoms with Crippen LogP contribution in [0.15, 0.2) is 0 Å². The van der Waals surface area contributed by atoms with E-state index in [0.717, 1.165) is 0 Å². The molecule has 0 spiro atoms. The van der Waals surface area contributed by atoms with Gasteiger partial charge in [-0.05, 0) is 5.92 Å². The number of nitrogens with one attached hydrogen (secondary N) is 1. The molecule has 0 radical (unpaired) electrons.